The summed E-state index contributed by atoms with van der Waals surface area (Å²) >= 11 is 0. The summed E-state index contributed by atoms with van der Waals surface area (Å²) in [6, 6.07) is 7.24. The van der Waals surface area contributed by atoms with Crippen LogP contribution >= 0.6 is 0 Å². The molecule has 18 heavy (non-hydrogen) atoms. The minimum Gasteiger partial charge on any atom is -0.494 e. The first-order valence-electron chi connectivity index (χ1n) is 5.42. The molecule has 1 aromatic heterocycles. The number of nitrogens with zero attached hydrogens (tertiary/aromatic N) is 3. The van der Waals surface area contributed by atoms with Crippen LogP contribution in [-0.2, 0) is 4.79 Å². The smallest absolute Gasteiger partial charge is 0.312 e. The topological polar surface area (TPSA) is 77.2 Å². The van der Waals surface area contributed by atoms with E-state index >= 15 is 0 Å². The maximum atomic E-state index is 11.0. The fourth-order valence-electron chi connectivity index (χ4n) is 1.66. The summed E-state index contributed by atoms with van der Waals surface area (Å²) in [6.45, 7) is 1.59. The van der Waals surface area contributed by atoms with E-state index < -0.39 is 11.9 Å². The molecule has 0 amide bonds. The number of carboxylic acid groups (broad SMARTS) is 1. The molecule has 0 bridgehead atoms. The van der Waals surface area contributed by atoms with E-state index in [2.05, 4.69) is 10.3 Å². The number of methoxy groups -OCH3 is 1. The van der Waals surface area contributed by atoms with Crippen LogP contribution < -0.4 is 4.74 Å². The largest absolute Gasteiger partial charge is 0.494 e. The van der Waals surface area contributed by atoms with Crippen molar-refractivity contribution in [3.05, 3.63) is 36.2 Å². The number of carbonyl (C=O) groups is 1. The van der Waals surface area contributed by atoms with Gasteiger partial charge in [0.25, 0.3) is 0 Å². The summed E-state index contributed by atoms with van der Waals surface area (Å²) in [5, 5.41) is 16.7. The Morgan fingerprint density at radius 1 is 1.44 bits per heavy atom. The molecule has 0 radical (unpaired) electrons. The third kappa shape index (κ3) is 2.04. The molecule has 0 saturated heterocycles. The van der Waals surface area contributed by atoms with E-state index in [4.69, 9.17) is 9.84 Å². The van der Waals surface area contributed by atoms with Crippen LogP contribution in [0.3, 0.4) is 0 Å². The van der Waals surface area contributed by atoms with Gasteiger partial charge in [0.15, 0.2) is 0 Å². The molecular weight excluding hydrogens is 234 g/mol. The van der Waals surface area contributed by atoms with Gasteiger partial charge in [-0.15, -0.1) is 5.10 Å². The number of para-hydroxylation sites is 2. The highest BCUT2D eigenvalue weighted by molar-refractivity contribution is 5.75. The van der Waals surface area contributed by atoms with Crippen LogP contribution in [0.5, 0.6) is 5.75 Å². The van der Waals surface area contributed by atoms with Crippen molar-refractivity contribution >= 4 is 5.97 Å². The molecule has 2 aromatic rings. The Kier molecular flexibility index (Phi) is 3.27. The van der Waals surface area contributed by atoms with Crippen LogP contribution in [0, 0.1) is 0 Å². The van der Waals surface area contributed by atoms with E-state index in [1.807, 2.05) is 12.1 Å². The molecule has 0 aliphatic rings. The number of hydrogen-bond donors (Lipinski definition) is 1. The summed E-state index contributed by atoms with van der Waals surface area (Å²) in [5.74, 6) is -1.000. The molecule has 1 atom stereocenters. The van der Waals surface area contributed by atoms with Crippen LogP contribution in [0.25, 0.3) is 5.69 Å². The quantitative estimate of drug-likeness (QED) is 0.885. The maximum absolute atomic E-state index is 11.0. The summed E-state index contributed by atoms with van der Waals surface area (Å²) in [7, 11) is 1.55. The number of rotatable bonds is 4. The highest BCUT2D eigenvalue weighted by Gasteiger charge is 2.21. The van der Waals surface area contributed by atoms with Gasteiger partial charge in [-0.05, 0) is 19.1 Å². The van der Waals surface area contributed by atoms with Gasteiger partial charge in [-0.2, -0.15) is 0 Å². The van der Waals surface area contributed by atoms with Gasteiger partial charge in [0, 0.05) is 0 Å². The second-order valence-corrected chi connectivity index (χ2v) is 3.80. The van der Waals surface area contributed by atoms with Crippen LogP contribution in [-0.4, -0.2) is 33.2 Å². The molecule has 6 heteroatoms. The van der Waals surface area contributed by atoms with Crippen molar-refractivity contribution in [2.45, 2.75) is 12.8 Å². The summed E-state index contributed by atoms with van der Waals surface area (Å²) < 4.78 is 6.71. The molecule has 1 aromatic carbocycles. The van der Waals surface area contributed by atoms with E-state index in [1.165, 1.54) is 10.9 Å². The first kappa shape index (κ1) is 12.1. The summed E-state index contributed by atoms with van der Waals surface area (Å²) in [5.41, 5.74) is 1.17. The van der Waals surface area contributed by atoms with Crippen molar-refractivity contribution < 1.29 is 14.6 Å². The monoisotopic (exact) mass is 247 g/mol. The van der Waals surface area contributed by atoms with E-state index in [0.717, 1.165) is 0 Å². The van der Waals surface area contributed by atoms with Gasteiger partial charge in [0.1, 0.15) is 11.4 Å². The number of ether oxygens (including phenoxy) is 1. The highest BCUT2D eigenvalue weighted by Crippen LogP contribution is 2.25. The minimum atomic E-state index is -0.923. The van der Waals surface area contributed by atoms with E-state index in [9.17, 15) is 4.79 Å². The lowest BCUT2D eigenvalue weighted by Crippen LogP contribution is -2.13. The lowest BCUT2D eigenvalue weighted by Gasteiger charge is -2.12. The minimum absolute atomic E-state index is 0.506. The fourth-order valence-corrected chi connectivity index (χ4v) is 1.66. The first-order chi connectivity index (χ1) is 8.65. The van der Waals surface area contributed by atoms with Crippen LogP contribution in [0.2, 0.25) is 0 Å². The van der Waals surface area contributed by atoms with Crippen molar-refractivity contribution in [3.63, 3.8) is 0 Å². The molecule has 6 nitrogen and oxygen atoms in total. The van der Waals surface area contributed by atoms with Crippen LogP contribution in [0.4, 0.5) is 0 Å². The number of carboxylic acids is 1. The molecule has 0 spiro atoms. The van der Waals surface area contributed by atoms with E-state index in [-0.39, 0.29) is 0 Å². The Morgan fingerprint density at radius 2 is 2.17 bits per heavy atom. The highest BCUT2D eigenvalue weighted by atomic mass is 16.5. The molecule has 1 unspecified atom stereocenters. The Balaban J connectivity index is 2.52. The normalized spacial score (nSPS) is 12.1. The second kappa shape index (κ2) is 4.87. The molecule has 94 valence electrons. The Hall–Kier alpha value is -2.37. The van der Waals surface area contributed by atoms with E-state index in [0.29, 0.717) is 17.1 Å². The summed E-state index contributed by atoms with van der Waals surface area (Å²) in [6.07, 6.45) is 1.45. The third-order valence-electron chi connectivity index (χ3n) is 2.70. The molecular formula is C12H13N3O3. The zero-order valence-electron chi connectivity index (χ0n) is 10.1. The fraction of sp³-hybridized carbons (Fsp3) is 0.250. The van der Waals surface area contributed by atoms with Crippen molar-refractivity contribution in [2.75, 3.05) is 7.11 Å². The molecule has 1 heterocycles. The standard InChI is InChI=1S/C12H13N3O3/c1-8(12(16)17)10-7-13-14-15(10)9-5-3-4-6-11(9)18-2/h3-8H,1-2H3,(H,16,17). The molecule has 1 N–H and O–H groups in total. The Bertz CT molecular complexity index is 565. The molecule has 2 rings (SSSR count). The zero-order valence-corrected chi connectivity index (χ0v) is 10.1. The number of hydrogen-bond acceptors (Lipinski definition) is 4. The van der Waals surface area contributed by atoms with Crippen LogP contribution in [0.1, 0.15) is 18.5 Å². The zero-order chi connectivity index (χ0) is 13.1. The SMILES string of the molecule is COc1ccccc1-n1nncc1C(C)C(=O)O. The van der Waals surface area contributed by atoms with Gasteiger partial charge in [-0.1, -0.05) is 17.3 Å². The number of benzene rings is 1. The summed E-state index contributed by atoms with van der Waals surface area (Å²) in [4.78, 5) is 11.0. The lowest BCUT2D eigenvalue weighted by atomic mass is 10.1. The number of aromatic nitrogens is 3. The van der Waals surface area contributed by atoms with Crippen molar-refractivity contribution in [3.8, 4) is 11.4 Å². The van der Waals surface area contributed by atoms with Crippen molar-refractivity contribution in [1.29, 1.82) is 0 Å². The Labute approximate surface area is 104 Å². The van der Waals surface area contributed by atoms with Crippen molar-refractivity contribution in [2.24, 2.45) is 0 Å². The van der Waals surface area contributed by atoms with E-state index in [1.54, 1.807) is 26.2 Å². The van der Waals surface area contributed by atoms with Gasteiger partial charge < -0.3 is 9.84 Å². The lowest BCUT2D eigenvalue weighted by molar-refractivity contribution is -0.138. The maximum Gasteiger partial charge on any atom is 0.312 e. The van der Waals surface area contributed by atoms with Gasteiger partial charge in [0.05, 0.1) is 24.9 Å². The molecule has 0 saturated carbocycles. The van der Waals surface area contributed by atoms with Gasteiger partial charge >= 0.3 is 5.97 Å². The predicted molar refractivity (Wildman–Crippen MR) is 64.0 cm³/mol. The third-order valence-corrected chi connectivity index (χ3v) is 2.70. The molecule has 0 aliphatic heterocycles. The Morgan fingerprint density at radius 3 is 2.83 bits per heavy atom. The average Bonchev–Trinajstić information content (AvgIpc) is 2.86. The first-order valence-corrected chi connectivity index (χ1v) is 5.42. The van der Waals surface area contributed by atoms with Gasteiger partial charge in [-0.3, -0.25) is 4.79 Å². The van der Waals surface area contributed by atoms with Crippen molar-refractivity contribution in [1.82, 2.24) is 15.0 Å². The molecule has 0 fully saturated rings. The number of aliphatic carboxylic acids is 1. The van der Waals surface area contributed by atoms with Crippen LogP contribution in [0.15, 0.2) is 30.5 Å². The second-order valence-electron chi connectivity index (χ2n) is 3.80. The predicted octanol–water partition coefficient (Wildman–Crippen LogP) is 1.46. The molecule has 0 aliphatic carbocycles. The van der Waals surface area contributed by atoms with Gasteiger partial charge in [0.2, 0.25) is 0 Å². The average molecular weight is 247 g/mol. The van der Waals surface area contributed by atoms with Gasteiger partial charge in [-0.25, -0.2) is 4.68 Å².